The fourth-order valence-corrected chi connectivity index (χ4v) is 4.16. The lowest BCUT2D eigenvalue weighted by Gasteiger charge is -2.15. The van der Waals surface area contributed by atoms with Crippen LogP contribution < -0.4 is 15.6 Å². The Bertz CT molecular complexity index is 1240. The van der Waals surface area contributed by atoms with Crippen LogP contribution in [-0.4, -0.2) is 21.1 Å². The molecule has 0 saturated heterocycles. The number of pyridine rings is 2. The lowest BCUT2D eigenvalue weighted by molar-refractivity contribution is 0.243. The molecule has 0 amide bonds. The van der Waals surface area contributed by atoms with Gasteiger partial charge in [-0.05, 0) is 45.0 Å². The van der Waals surface area contributed by atoms with Gasteiger partial charge in [0.25, 0.3) is 5.56 Å². The lowest BCUT2D eigenvalue weighted by atomic mass is 10.1. The van der Waals surface area contributed by atoms with Crippen LogP contribution in [0.15, 0.2) is 52.9 Å². The van der Waals surface area contributed by atoms with Crippen molar-refractivity contribution in [2.75, 3.05) is 5.32 Å². The van der Waals surface area contributed by atoms with Gasteiger partial charge in [0.05, 0.1) is 28.4 Å². The average Bonchev–Trinajstić information content (AvgIpc) is 3.17. The predicted molar refractivity (Wildman–Crippen MR) is 123 cm³/mol. The van der Waals surface area contributed by atoms with Crippen LogP contribution in [-0.2, 0) is 0 Å². The summed E-state index contributed by atoms with van der Waals surface area (Å²) in [6.07, 6.45) is 3.50. The quantitative estimate of drug-likeness (QED) is 0.404. The highest BCUT2D eigenvalue weighted by molar-refractivity contribution is 7.14. The zero-order chi connectivity index (χ0) is 21.3. The number of thiazole rings is 1. The van der Waals surface area contributed by atoms with Gasteiger partial charge in [-0.3, -0.25) is 9.78 Å². The third-order valence-electron chi connectivity index (χ3n) is 4.56. The number of fused-ring (bicyclic) bond motifs is 1. The van der Waals surface area contributed by atoms with Gasteiger partial charge in [0.2, 0.25) is 0 Å². The summed E-state index contributed by atoms with van der Waals surface area (Å²) < 4.78 is 5.71. The molecule has 30 heavy (non-hydrogen) atoms. The Morgan fingerprint density at radius 1 is 1.23 bits per heavy atom. The molecular weight excluding hydrogens is 420 g/mol. The normalized spacial score (nSPS) is 12.3. The van der Waals surface area contributed by atoms with Gasteiger partial charge in [-0.2, -0.15) is 0 Å². The number of hydrogen-bond donors (Lipinski definition) is 2. The Balaban J connectivity index is 1.60. The smallest absolute Gasteiger partial charge is 0.253 e. The molecule has 0 aliphatic carbocycles. The number of halogens is 1. The summed E-state index contributed by atoms with van der Waals surface area (Å²) in [4.78, 5) is 24.4. The number of nitrogens with zero attached hydrogens (tertiary/aromatic N) is 2. The van der Waals surface area contributed by atoms with Crippen molar-refractivity contribution in [1.29, 1.82) is 0 Å². The number of ether oxygens (including phenoxy) is 1. The van der Waals surface area contributed by atoms with E-state index in [1.54, 1.807) is 18.5 Å². The zero-order valence-corrected chi connectivity index (χ0v) is 18.3. The summed E-state index contributed by atoms with van der Waals surface area (Å²) in [5.74, 6) is 0.555. The minimum absolute atomic E-state index is 0.00924. The van der Waals surface area contributed by atoms with Crippen molar-refractivity contribution in [2.45, 2.75) is 32.9 Å². The molecule has 4 rings (SSSR count). The van der Waals surface area contributed by atoms with Gasteiger partial charge in [-0.15, -0.1) is 11.3 Å². The zero-order valence-electron chi connectivity index (χ0n) is 16.8. The van der Waals surface area contributed by atoms with E-state index in [9.17, 15) is 4.79 Å². The number of rotatable bonds is 6. The molecule has 3 aromatic heterocycles. The van der Waals surface area contributed by atoms with Gasteiger partial charge < -0.3 is 15.0 Å². The Morgan fingerprint density at radius 3 is 2.80 bits per heavy atom. The number of aromatic nitrogens is 3. The monoisotopic (exact) mass is 440 g/mol. The van der Waals surface area contributed by atoms with Crippen LogP contribution in [0.3, 0.4) is 0 Å². The standard InChI is InChI=1S/C22H21ClN4O2S/c1-12(2)29-20-9-18-15(8-17(20)23)7-16(21(28)26-18)13(3)25-22-27-19(11-30-22)14-5-4-6-24-10-14/h4-13H,1-3H3,(H,25,27)(H,26,28)/t13-/m0/s1. The average molecular weight is 441 g/mol. The highest BCUT2D eigenvalue weighted by atomic mass is 35.5. The van der Waals surface area contributed by atoms with Crippen molar-refractivity contribution in [2.24, 2.45) is 0 Å². The van der Waals surface area contributed by atoms with Crippen LogP contribution in [0.5, 0.6) is 5.75 Å². The van der Waals surface area contributed by atoms with Crippen LogP contribution in [0.2, 0.25) is 5.02 Å². The van der Waals surface area contributed by atoms with Gasteiger partial charge in [0.15, 0.2) is 5.13 Å². The summed E-state index contributed by atoms with van der Waals surface area (Å²) in [5, 5.41) is 7.37. The van der Waals surface area contributed by atoms with Crippen molar-refractivity contribution in [3.63, 3.8) is 0 Å². The summed E-state index contributed by atoms with van der Waals surface area (Å²) in [7, 11) is 0. The summed E-state index contributed by atoms with van der Waals surface area (Å²) in [5.41, 5.74) is 2.93. The second kappa shape index (κ2) is 8.45. The molecule has 1 atom stereocenters. The van der Waals surface area contributed by atoms with Crippen molar-refractivity contribution >= 4 is 39.0 Å². The molecule has 0 unspecified atom stereocenters. The Kier molecular flexibility index (Phi) is 5.74. The van der Waals surface area contributed by atoms with E-state index in [-0.39, 0.29) is 17.7 Å². The summed E-state index contributed by atoms with van der Waals surface area (Å²) in [6, 6.07) is 9.03. The molecule has 4 aromatic rings. The topological polar surface area (TPSA) is 79.9 Å². The largest absolute Gasteiger partial charge is 0.489 e. The van der Waals surface area contributed by atoms with Gasteiger partial charge in [-0.25, -0.2) is 4.98 Å². The molecule has 0 aliphatic rings. The number of nitrogens with one attached hydrogen (secondary N) is 2. The van der Waals surface area contributed by atoms with E-state index in [1.165, 1.54) is 11.3 Å². The molecule has 0 saturated carbocycles. The van der Waals surface area contributed by atoms with E-state index in [4.69, 9.17) is 16.3 Å². The molecule has 0 bridgehead atoms. The van der Waals surface area contributed by atoms with Crippen molar-refractivity contribution in [3.05, 3.63) is 69.0 Å². The van der Waals surface area contributed by atoms with Crippen molar-refractivity contribution in [1.82, 2.24) is 15.0 Å². The lowest BCUT2D eigenvalue weighted by Crippen LogP contribution is -2.19. The number of hydrogen-bond acceptors (Lipinski definition) is 6. The Hall–Kier alpha value is -2.90. The van der Waals surface area contributed by atoms with E-state index in [0.717, 1.165) is 21.8 Å². The molecule has 0 spiro atoms. The van der Waals surface area contributed by atoms with Gasteiger partial charge in [0, 0.05) is 40.4 Å². The summed E-state index contributed by atoms with van der Waals surface area (Å²) in [6.45, 7) is 5.79. The minimum Gasteiger partial charge on any atom is -0.489 e. The molecule has 1 aromatic carbocycles. The molecular formula is C22H21ClN4O2S. The SMILES string of the molecule is CC(C)Oc1cc2[nH]c(=O)c([C@H](C)Nc3nc(-c4cccnc4)cs3)cc2cc1Cl. The molecule has 6 nitrogen and oxygen atoms in total. The third kappa shape index (κ3) is 4.32. The highest BCUT2D eigenvalue weighted by Gasteiger charge is 2.15. The number of aromatic amines is 1. The van der Waals surface area contributed by atoms with Gasteiger partial charge >= 0.3 is 0 Å². The summed E-state index contributed by atoms with van der Waals surface area (Å²) >= 11 is 7.85. The third-order valence-corrected chi connectivity index (χ3v) is 5.62. The number of benzene rings is 1. The van der Waals surface area contributed by atoms with E-state index in [1.807, 2.05) is 50.4 Å². The van der Waals surface area contributed by atoms with E-state index < -0.39 is 0 Å². The maximum Gasteiger partial charge on any atom is 0.253 e. The predicted octanol–water partition coefficient (Wildman–Crippen LogP) is 5.66. The fourth-order valence-electron chi connectivity index (χ4n) is 3.14. The highest BCUT2D eigenvalue weighted by Crippen LogP contribution is 2.31. The van der Waals surface area contributed by atoms with Gasteiger partial charge in [0.1, 0.15) is 5.75 Å². The van der Waals surface area contributed by atoms with Crippen LogP contribution in [0.4, 0.5) is 5.13 Å². The van der Waals surface area contributed by atoms with Crippen LogP contribution in [0, 0.1) is 0 Å². The van der Waals surface area contributed by atoms with Gasteiger partial charge in [-0.1, -0.05) is 11.6 Å². The molecule has 0 radical (unpaired) electrons. The molecule has 0 fully saturated rings. The van der Waals surface area contributed by atoms with Crippen molar-refractivity contribution in [3.8, 4) is 17.0 Å². The van der Waals surface area contributed by atoms with E-state index >= 15 is 0 Å². The first-order chi connectivity index (χ1) is 14.4. The number of anilines is 1. The Labute approximate surface area is 182 Å². The maximum absolute atomic E-state index is 12.7. The first kappa shape index (κ1) is 20.4. The molecule has 0 aliphatic heterocycles. The molecule has 3 heterocycles. The Morgan fingerprint density at radius 2 is 2.07 bits per heavy atom. The van der Waals surface area contributed by atoms with Crippen LogP contribution >= 0.6 is 22.9 Å². The minimum atomic E-state index is -0.239. The first-order valence-electron chi connectivity index (χ1n) is 9.56. The molecule has 8 heteroatoms. The molecule has 154 valence electrons. The maximum atomic E-state index is 12.7. The number of H-pyrrole nitrogens is 1. The van der Waals surface area contributed by atoms with Crippen molar-refractivity contribution < 1.29 is 4.74 Å². The second-order valence-corrected chi connectivity index (χ2v) is 8.50. The van der Waals surface area contributed by atoms with Crippen LogP contribution in [0.25, 0.3) is 22.2 Å². The fraction of sp³-hybridized carbons (Fsp3) is 0.227. The second-order valence-electron chi connectivity index (χ2n) is 7.24. The van der Waals surface area contributed by atoms with E-state index in [0.29, 0.717) is 21.9 Å². The van der Waals surface area contributed by atoms with E-state index in [2.05, 4.69) is 20.3 Å². The van der Waals surface area contributed by atoms with Crippen LogP contribution in [0.1, 0.15) is 32.4 Å². The first-order valence-corrected chi connectivity index (χ1v) is 10.8. The molecule has 2 N–H and O–H groups in total.